The average Bonchev–Trinajstić information content (AvgIpc) is 2.14. The van der Waals surface area contributed by atoms with Gasteiger partial charge in [0.2, 0.25) is 0 Å². The van der Waals surface area contributed by atoms with Crippen LogP contribution in [0.15, 0.2) is 16.8 Å². The Morgan fingerprint density at radius 2 is 2.23 bits per heavy atom. The Morgan fingerprint density at radius 3 is 2.85 bits per heavy atom. The van der Waals surface area contributed by atoms with Crippen LogP contribution >= 0.6 is 0 Å². The summed E-state index contributed by atoms with van der Waals surface area (Å²) in [6, 6.07) is 0.516. The van der Waals surface area contributed by atoms with Crippen LogP contribution < -0.4 is 5.73 Å². The van der Waals surface area contributed by atoms with E-state index < -0.39 is 0 Å². The molecule has 0 aliphatic heterocycles. The fraction of sp³-hybridized carbons (Fsp3) is 0.727. The molecule has 1 rings (SSSR count). The molecule has 1 aliphatic carbocycles. The average molecular weight is 180 g/mol. The predicted octanol–water partition coefficient (Wildman–Crippen LogP) is 2.50. The van der Waals surface area contributed by atoms with Crippen LogP contribution in [0.1, 0.15) is 39.5 Å². The van der Waals surface area contributed by atoms with Gasteiger partial charge in [-0.05, 0) is 25.7 Å². The quantitative estimate of drug-likeness (QED) is 0.651. The van der Waals surface area contributed by atoms with E-state index in [4.69, 9.17) is 5.73 Å². The maximum absolute atomic E-state index is 5.64. The molecule has 0 heterocycles. The molecule has 0 amide bonds. The normalized spacial score (nSPS) is 31.1. The molecule has 2 N–H and O–H groups in total. The first-order chi connectivity index (χ1) is 6.22. The number of aliphatic imine (C=N–C) groups is 1. The molecule has 2 heteroatoms. The molecule has 0 aromatic heterocycles. The minimum atomic E-state index is 0.516. The van der Waals surface area contributed by atoms with Gasteiger partial charge in [0.05, 0.1) is 6.04 Å². The molecule has 0 bridgehead atoms. The Balaban J connectivity index is 2.39. The molecule has 2 atom stereocenters. The number of rotatable bonds is 2. The molecular formula is C11H20N2. The molecule has 13 heavy (non-hydrogen) atoms. The van der Waals surface area contributed by atoms with Gasteiger partial charge >= 0.3 is 0 Å². The van der Waals surface area contributed by atoms with E-state index >= 15 is 0 Å². The molecule has 0 saturated heterocycles. The highest BCUT2D eigenvalue weighted by Gasteiger charge is 2.16. The smallest absolute Gasteiger partial charge is 0.0503 e. The van der Waals surface area contributed by atoms with Crippen LogP contribution in [0.2, 0.25) is 0 Å². The molecule has 0 aromatic carbocycles. The Morgan fingerprint density at radius 1 is 1.46 bits per heavy atom. The van der Waals surface area contributed by atoms with Crippen molar-refractivity contribution in [3.8, 4) is 0 Å². The second-order valence-electron chi connectivity index (χ2n) is 3.99. The fourth-order valence-electron chi connectivity index (χ4n) is 1.80. The van der Waals surface area contributed by atoms with E-state index in [2.05, 4.69) is 11.9 Å². The first-order valence-electron chi connectivity index (χ1n) is 5.17. The van der Waals surface area contributed by atoms with Crippen LogP contribution in [0.4, 0.5) is 0 Å². The second-order valence-corrected chi connectivity index (χ2v) is 3.99. The maximum Gasteiger partial charge on any atom is 0.0503 e. The monoisotopic (exact) mass is 180 g/mol. The third-order valence-electron chi connectivity index (χ3n) is 2.68. The third-order valence-corrected chi connectivity index (χ3v) is 2.68. The Labute approximate surface area is 80.9 Å². The first-order valence-corrected chi connectivity index (χ1v) is 5.17. The van der Waals surface area contributed by atoms with E-state index in [0.717, 1.165) is 11.6 Å². The lowest BCUT2D eigenvalue weighted by Crippen LogP contribution is -2.16. The van der Waals surface area contributed by atoms with Gasteiger partial charge in [0.15, 0.2) is 0 Å². The Bertz CT molecular complexity index is 206. The summed E-state index contributed by atoms with van der Waals surface area (Å²) < 4.78 is 0. The van der Waals surface area contributed by atoms with Gasteiger partial charge in [0, 0.05) is 11.9 Å². The molecule has 2 unspecified atom stereocenters. The summed E-state index contributed by atoms with van der Waals surface area (Å²) in [6.45, 7) is 4.24. The van der Waals surface area contributed by atoms with Crippen molar-refractivity contribution in [2.75, 3.05) is 0 Å². The molecule has 0 spiro atoms. The van der Waals surface area contributed by atoms with Gasteiger partial charge in [-0.15, -0.1) is 0 Å². The van der Waals surface area contributed by atoms with Gasteiger partial charge in [-0.1, -0.05) is 25.8 Å². The predicted molar refractivity (Wildman–Crippen MR) is 57.9 cm³/mol. The SMILES string of the molecule is C/C=C(/N)C=NC1CCCC(C)C1. The summed E-state index contributed by atoms with van der Waals surface area (Å²) in [5.74, 6) is 0.836. The molecule has 0 radical (unpaired) electrons. The van der Waals surface area contributed by atoms with Crippen LogP contribution in [0.25, 0.3) is 0 Å². The highest BCUT2D eigenvalue weighted by molar-refractivity contribution is 5.77. The Kier molecular flexibility index (Phi) is 4.00. The largest absolute Gasteiger partial charge is 0.398 e. The van der Waals surface area contributed by atoms with Gasteiger partial charge in [0.1, 0.15) is 0 Å². The highest BCUT2D eigenvalue weighted by Crippen LogP contribution is 2.25. The molecule has 0 aromatic rings. The van der Waals surface area contributed by atoms with Crippen LogP contribution in [0, 0.1) is 5.92 Å². The van der Waals surface area contributed by atoms with Gasteiger partial charge in [0.25, 0.3) is 0 Å². The van der Waals surface area contributed by atoms with E-state index in [1.165, 1.54) is 25.7 Å². The number of nitrogens with zero attached hydrogens (tertiary/aromatic N) is 1. The van der Waals surface area contributed by atoms with Crippen molar-refractivity contribution < 1.29 is 0 Å². The van der Waals surface area contributed by atoms with E-state index in [1.54, 1.807) is 0 Å². The van der Waals surface area contributed by atoms with Crippen LogP contribution in [-0.4, -0.2) is 12.3 Å². The van der Waals surface area contributed by atoms with Gasteiger partial charge in [-0.3, -0.25) is 4.99 Å². The lowest BCUT2D eigenvalue weighted by molar-refractivity contribution is 0.346. The summed E-state index contributed by atoms with van der Waals surface area (Å²) >= 11 is 0. The van der Waals surface area contributed by atoms with Crippen molar-refractivity contribution in [2.24, 2.45) is 16.6 Å². The van der Waals surface area contributed by atoms with Crippen LogP contribution in [0.5, 0.6) is 0 Å². The molecule has 1 saturated carbocycles. The zero-order chi connectivity index (χ0) is 9.68. The zero-order valence-corrected chi connectivity index (χ0v) is 8.66. The van der Waals surface area contributed by atoms with Crippen LogP contribution in [-0.2, 0) is 0 Å². The van der Waals surface area contributed by atoms with Crippen molar-refractivity contribution in [3.63, 3.8) is 0 Å². The number of allylic oxidation sites excluding steroid dienone is 2. The number of hydrogen-bond acceptors (Lipinski definition) is 2. The first kappa shape index (κ1) is 10.3. The zero-order valence-electron chi connectivity index (χ0n) is 8.66. The topological polar surface area (TPSA) is 38.4 Å². The summed E-state index contributed by atoms with van der Waals surface area (Å²) in [5, 5.41) is 0. The van der Waals surface area contributed by atoms with Crippen molar-refractivity contribution in [2.45, 2.75) is 45.6 Å². The van der Waals surface area contributed by atoms with Crippen molar-refractivity contribution in [1.29, 1.82) is 0 Å². The summed E-state index contributed by atoms with van der Waals surface area (Å²) in [5.41, 5.74) is 6.41. The molecule has 1 fully saturated rings. The molecule has 74 valence electrons. The minimum Gasteiger partial charge on any atom is -0.398 e. The number of hydrogen-bond donors (Lipinski definition) is 1. The highest BCUT2D eigenvalue weighted by atomic mass is 14.8. The lowest BCUT2D eigenvalue weighted by atomic mass is 9.87. The maximum atomic E-state index is 5.64. The van der Waals surface area contributed by atoms with E-state index in [9.17, 15) is 0 Å². The standard InChI is InChI=1S/C11H20N2/c1-3-10(12)8-13-11-6-4-5-9(2)7-11/h3,8-9,11H,4-7,12H2,1-2H3/b10-3+,13-8?. The summed E-state index contributed by atoms with van der Waals surface area (Å²) in [4.78, 5) is 4.49. The number of nitrogens with two attached hydrogens (primary N) is 1. The molecular weight excluding hydrogens is 160 g/mol. The fourth-order valence-corrected chi connectivity index (χ4v) is 1.80. The van der Waals surface area contributed by atoms with Gasteiger partial charge in [-0.2, -0.15) is 0 Å². The third kappa shape index (κ3) is 3.62. The van der Waals surface area contributed by atoms with Gasteiger partial charge in [-0.25, -0.2) is 0 Å². The van der Waals surface area contributed by atoms with Crippen molar-refractivity contribution in [1.82, 2.24) is 0 Å². The minimum absolute atomic E-state index is 0.516. The van der Waals surface area contributed by atoms with Crippen molar-refractivity contribution >= 4 is 6.21 Å². The Hall–Kier alpha value is -0.790. The van der Waals surface area contributed by atoms with Gasteiger partial charge < -0.3 is 5.73 Å². The van der Waals surface area contributed by atoms with E-state index in [-0.39, 0.29) is 0 Å². The lowest BCUT2D eigenvalue weighted by Gasteiger charge is -2.23. The summed E-state index contributed by atoms with van der Waals surface area (Å²) in [7, 11) is 0. The molecule has 2 nitrogen and oxygen atoms in total. The second kappa shape index (κ2) is 5.05. The summed E-state index contributed by atoms with van der Waals surface area (Å²) in [6.07, 6.45) is 8.84. The van der Waals surface area contributed by atoms with E-state index in [1.807, 2.05) is 19.2 Å². The van der Waals surface area contributed by atoms with E-state index in [0.29, 0.717) is 6.04 Å². The van der Waals surface area contributed by atoms with Crippen LogP contribution in [0.3, 0.4) is 0 Å². The van der Waals surface area contributed by atoms with Crippen molar-refractivity contribution in [3.05, 3.63) is 11.8 Å². The molecule has 1 aliphatic rings.